The molecule has 0 bridgehead atoms. The Balaban J connectivity index is 1.33. The maximum Gasteiger partial charge on any atom is 0.160 e. The first-order valence-electron chi connectivity index (χ1n) is 12.0. The fraction of sp³-hybridized carbons (Fsp3) is 0.800. The number of rotatable bonds is 3. The van der Waals surface area contributed by atoms with Gasteiger partial charge in [-0.1, -0.05) is 20.3 Å². The van der Waals surface area contributed by atoms with Gasteiger partial charge in [0.15, 0.2) is 5.78 Å². The SMILES string of the molecule is CC1CCC2C(CCC3C2CCC2(C)C(C(=O)Cn4cc(C#N)cn4)COCC32)C1. The van der Waals surface area contributed by atoms with E-state index in [0.29, 0.717) is 18.1 Å². The van der Waals surface area contributed by atoms with Crippen LogP contribution in [0.1, 0.15) is 64.4 Å². The first kappa shape index (κ1) is 20.2. The number of carbonyl (C=O) groups excluding carboxylic acids is 1. The number of fused-ring (bicyclic) bond motifs is 5. The van der Waals surface area contributed by atoms with Crippen molar-refractivity contribution >= 4 is 5.78 Å². The van der Waals surface area contributed by atoms with Gasteiger partial charge in [-0.3, -0.25) is 9.48 Å². The molecule has 5 nitrogen and oxygen atoms in total. The van der Waals surface area contributed by atoms with E-state index in [1.165, 1.54) is 44.7 Å². The maximum absolute atomic E-state index is 13.3. The van der Waals surface area contributed by atoms with Crippen molar-refractivity contribution in [3.05, 3.63) is 18.0 Å². The van der Waals surface area contributed by atoms with E-state index in [1.54, 1.807) is 10.9 Å². The summed E-state index contributed by atoms with van der Waals surface area (Å²) in [5.74, 6) is 4.99. The molecule has 0 aromatic carbocycles. The summed E-state index contributed by atoms with van der Waals surface area (Å²) < 4.78 is 7.72. The number of nitriles is 1. The first-order valence-corrected chi connectivity index (χ1v) is 12.0. The molecule has 5 heteroatoms. The van der Waals surface area contributed by atoms with E-state index in [0.717, 1.165) is 42.6 Å². The second-order valence-electron chi connectivity index (χ2n) is 11.0. The topological polar surface area (TPSA) is 67.9 Å². The summed E-state index contributed by atoms with van der Waals surface area (Å²) >= 11 is 0. The van der Waals surface area contributed by atoms with Crippen molar-refractivity contribution in [3.8, 4) is 6.07 Å². The summed E-state index contributed by atoms with van der Waals surface area (Å²) in [4.78, 5) is 13.3. The fourth-order valence-corrected chi connectivity index (χ4v) is 7.92. The third-order valence-electron chi connectivity index (χ3n) is 9.50. The number of nitrogens with zero attached hydrogens (tertiary/aromatic N) is 3. The minimum absolute atomic E-state index is 0.0382. The number of ketones is 1. The van der Waals surface area contributed by atoms with E-state index in [2.05, 4.69) is 25.0 Å². The van der Waals surface area contributed by atoms with E-state index in [-0.39, 0.29) is 23.7 Å². The summed E-state index contributed by atoms with van der Waals surface area (Å²) in [6.07, 6.45) is 12.6. The van der Waals surface area contributed by atoms with Crippen molar-refractivity contribution in [1.29, 1.82) is 5.26 Å². The van der Waals surface area contributed by atoms with Gasteiger partial charge in [0.25, 0.3) is 0 Å². The number of ether oxygens (including phenoxy) is 1. The van der Waals surface area contributed by atoms with E-state index in [9.17, 15) is 4.79 Å². The van der Waals surface area contributed by atoms with Gasteiger partial charge in [-0.15, -0.1) is 0 Å². The minimum atomic E-state index is -0.0592. The van der Waals surface area contributed by atoms with Gasteiger partial charge < -0.3 is 4.74 Å². The Morgan fingerprint density at radius 3 is 2.87 bits per heavy atom. The van der Waals surface area contributed by atoms with Crippen molar-refractivity contribution in [2.45, 2.75) is 65.3 Å². The molecule has 4 fully saturated rings. The fourth-order valence-electron chi connectivity index (χ4n) is 7.92. The summed E-state index contributed by atoms with van der Waals surface area (Å²) in [5, 5.41) is 13.2. The molecule has 2 heterocycles. The van der Waals surface area contributed by atoms with Gasteiger partial charge in [-0.25, -0.2) is 0 Å². The molecule has 0 spiro atoms. The molecular weight excluding hydrogens is 374 g/mol. The molecule has 3 aliphatic carbocycles. The first-order chi connectivity index (χ1) is 14.5. The zero-order chi connectivity index (χ0) is 20.9. The average molecular weight is 410 g/mol. The van der Waals surface area contributed by atoms with Crippen LogP contribution in [-0.4, -0.2) is 28.8 Å². The van der Waals surface area contributed by atoms with E-state index in [4.69, 9.17) is 10.00 Å². The Kier molecular flexibility index (Phi) is 5.25. The third kappa shape index (κ3) is 3.32. The van der Waals surface area contributed by atoms with Crippen LogP contribution in [0.5, 0.6) is 0 Å². The summed E-state index contributed by atoms with van der Waals surface area (Å²) in [5.41, 5.74) is 0.544. The number of Topliss-reactive ketones (excluding diaryl/α,β-unsaturated/α-hetero) is 1. The van der Waals surface area contributed by atoms with Gasteiger partial charge >= 0.3 is 0 Å². The number of hydrogen-bond acceptors (Lipinski definition) is 4. The standard InChI is InChI=1S/C25H35N3O2/c1-16-3-5-19-18(9-16)4-6-21-20(19)7-8-25(2)22(21)14-30-15-23(25)24(29)13-28-12-17(10-26)11-27-28/h11-12,16,18-23H,3-9,13-15H2,1-2H3. The second kappa shape index (κ2) is 7.79. The highest BCUT2D eigenvalue weighted by Crippen LogP contribution is 2.61. The monoisotopic (exact) mass is 409 g/mol. The summed E-state index contributed by atoms with van der Waals surface area (Å²) in [6, 6.07) is 2.09. The molecule has 1 saturated heterocycles. The van der Waals surface area contributed by atoms with E-state index >= 15 is 0 Å². The molecule has 1 aromatic rings. The van der Waals surface area contributed by atoms with Crippen LogP contribution in [-0.2, 0) is 16.1 Å². The zero-order valence-corrected chi connectivity index (χ0v) is 18.4. The van der Waals surface area contributed by atoms with E-state index in [1.807, 2.05) is 0 Å². The highest BCUT2D eigenvalue weighted by molar-refractivity contribution is 5.82. The van der Waals surface area contributed by atoms with Gasteiger partial charge in [-0.05, 0) is 79.4 Å². The molecule has 0 amide bonds. The summed E-state index contributed by atoms with van der Waals surface area (Å²) in [7, 11) is 0. The lowest BCUT2D eigenvalue weighted by molar-refractivity contribution is -0.173. The molecule has 3 saturated carbocycles. The molecule has 1 aliphatic heterocycles. The summed E-state index contributed by atoms with van der Waals surface area (Å²) in [6.45, 7) is 6.42. The molecular formula is C25H35N3O2. The van der Waals surface area contributed by atoms with Crippen LogP contribution < -0.4 is 0 Å². The van der Waals surface area contributed by atoms with Crippen LogP contribution in [0.4, 0.5) is 0 Å². The van der Waals surface area contributed by atoms with Gasteiger partial charge in [-0.2, -0.15) is 10.4 Å². The van der Waals surface area contributed by atoms with E-state index < -0.39 is 0 Å². The van der Waals surface area contributed by atoms with Crippen LogP contribution in [0.15, 0.2) is 12.4 Å². The highest BCUT2D eigenvalue weighted by atomic mass is 16.5. The molecule has 0 radical (unpaired) electrons. The van der Waals surface area contributed by atoms with Crippen molar-refractivity contribution < 1.29 is 9.53 Å². The minimum Gasteiger partial charge on any atom is -0.380 e. The molecule has 4 aliphatic rings. The lowest BCUT2D eigenvalue weighted by atomic mass is 9.47. The Labute approximate surface area is 180 Å². The van der Waals surface area contributed by atoms with Crippen LogP contribution in [0.25, 0.3) is 0 Å². The van der Waals surface area contributed by atoms with Gasteiger partial charge in [0.05, 0.1) is 31.5 Å². The lowest BCUT2D eigenvalue weighted by Crippen LogP contribution is -2.57. The predicted molar refractivity (Wildman–Crippen MR) is 113 cm³/mol. The Hall–Kier alpha value is -1.67. The lowest BCUT2D eigenvalue weighted by Gasteiger charge is -2.60. The van der Waals surface area contributed by atoms with Crippen molar-refractivity contribution in [2.24, 2.45) is 46.8 Å². The van der Waals surface area contributed by atoms with Crippen LogP contribution in [0.3, 0.4) is 0 Å². The smallest absolute Gasteiger partial charge is 0.160 e. The van der Waals surface area contributed by atoms with Gasteiger partial charge in [0.1, 0.15) is 6.07 Å². The van der Waals surface area contributed by atoms with Gasteiger partial charge in [0, 0.05) is 12.1 Å². The average Bonchev–Trinajstić information content (AvgIpc) is 3.19. The zero-order valence-electron chi connectivity index (χ0n) is 18.4. The van der Waals surface area contributed by atoms with Crippen LogP contribution in [0.2, 0.25) is 0 Å². The molecule has 30 heavy (non-hydrogen) atoms. The third-order valence-corrected chi connectivity index (χ3v) is 9.50. The largest absolute Gasteiger partial charge is 0.380 e. The number of carbonyl (C=O) groups is 1. The van der Waals surface area contributed by atoms with Crippen molar-refractivity contribution in [3.63, 3.8) is 0 Å². The second-order valence-corrected chi connectivity index (χ2v) is 11.0. The Morgan fingerprint density at radius 1 is 1.23 bits per heavy atom. The molecule has 8 unspecified atom stereocenters. The van der Waals surface area contributed by atoms with Crippen molar-refractivity contribution in [1.82, 2.24) is 9.78 Å². The van der Waals surface area contributed by atoms with Crippen LogP contribution >= 0.6 is 0 Å². The molecule has 8 atom stereocenters. The van der Waals surface area contributed by atoms with Crippen LogP contribution in [0, 0.1) is 58.2 Å². The molecule has 162 valence electrons. The maximum atomic E-state index is 13.3. The quantitative estimate of drug-likeness (QED) is 0.739. The van der Waals surface area contributed by atoms with Gasteiger partial charge in [0.2, 0.25) is 0 Å². The predicted octanol–water partition coefficient (Wildman–Crippen LogP) is 4.47. The molecule has 1 aromatic heterocycles. The van der Waals surface area contributed by atoms with Crippen molar-refractivity contribution in [2.75, 3.05) is 13.2 Å². The number of hydrogen-bond donors (Lipinski definition) is 0. The number of aromatic nitrogens is 2. The Bertz CT molecular complexity index is 842. The highest BCUT2D eigenvalue weighted by Gasteiger charge is 2.57. The molecule has 0 N–H and O–H groups in total. The normalized spacial score (nSPS) is 43.0. The molecule has 5 rings (SSSR count). The Morgan fingerprint density at radius 2 is 2.07 bits per heavy atom.